The van der Waals surface area contributed by atoms with Crippen LogP contribution in [0.3, 0.4) is 0 Å². The van der Waals surface area contributed by atoms with Crippen molar-refractivity contribution in [2.75, 3.05) is 18.8 Å². The van der Waals surface area contributed by atoms with Gasteiger partial charge in [-0.3, -0.25) is 25.4 Å². The van der Waals surface area contributed by atoms with E-state index < -0.39 is 39.9 Å². The van der Waals surface area contributed by atoms with E-state index in [0.29, 0.717) is 17.7 Å². The largest absolute Gasteiger partial charge is 0.443 e. The highest BCUT2D eigenvalue weighted by Crippen LogP contribution is 2.38. The summed E-state index contributed by atoms with van der Waals surface area (Å²) in [7, 11) is 0. The van der Waals surface area contributed by atoms with Gasteiger partial charge in [0, 0.05) is 18.2 Å². The number of H-pyrrole nitrogens is 1. The van der Waals surface area contributed by atoms with Crippen molar-refractivity contribution in [1.82, 2.24) is 25.7 Å². The number of nitrogen functional groups attached to an aromatic ring is 1. The Morgan fingerprint density at radius 2 is 2.03 bits per heavy atom. The van der Waals surface area contributed by atoms with Crippen LogP contribution < -0.4 is 22.3 Å². The monoisotopic (exact) mass is 473 g/mol. The number of rotatable bonds is 7. The second-order valence-electron chi connectivity index (χ2n) is 9.27. The van der Waals surface area contributed by atoms with Crippen LogP contribution in [0.5, 0.6) is 0 Å². The van der Waals surface area contributed by atoms with E-state index >= 15 is 0 Å². The van der Waals surface area contributed by atoms with Crippen molar-refractivity contribution < 1.29 is 14.5 Å². The molecule has 0 radical (unpaired) electrons. The molecule has 5 N–H and O–H groups in total. The molecule has 12 nitrogen and oxygen atoms in total. The Balaban J connectivity index is 2.07. The molecule has 12 heteroatoms. The van der Waals surface area contributed by atoms with Gasteiger partial charge in [0.05, 0.1) is 4.92 Å². The first-order valence-corrected chi connectivity index (χ1v) is 11.1. The molecule has 1 aliphatic rings. The third kappa shape index (κ3) is 6.08. The number of aromatic amines is 1. The summed E-state index contributed by atoms with van der Waals surface area (Å²) < 4.78 is 5.25. The Labute approximate surface area is 197 Å². The van der Waals surface area contributed by atoms with Crippen LogP contribution in [0.25, 0.3) is 11.3 Å². The normalized spacial score (nSPS) is 15.2. The Hall–Kier alpha value is -3.51. The number of nitrogens with zero attached hydrogens (tertiary/aromatic N) is 3. The van der Waals surface area contributed by atoms with Crippen molar-refractivity contribution in [2.45, 2.75) is 58.7 Å². The predicted molar refractivity (Wildman–Crippen MR) is 127 cm³/mol. The first kappa shape index (κ1) is 25.1. The molecule has 2 aromatic rings. The van der Waals surface area contributed by atoms with E-state index in [-0.39, 0.29) is 5.69 Å². The zero-order valence-electron chi connectivity index (χ0n) is 19.8. The van der Waals surface area contributed by atoms with Gasteiger partial charge in [-0.15, -0.1) is 0 Å². The highest BCUT2D eigenvalue weighted by atomic mass is 16.6. The number of nitrogens with one attached hydrogen (secondary N) is 3. The Bertz CT molecular complexity index is 1120. The van der Waals surface area contributed by atoms with Gasteiger partial charge in [-0.2, -0.15) is 4.98 Å². The number of carbonyl (C=O) groups excluding carboxylic acids is 1. The van der Waals surface area contributed by atoms with E-state index in [1.807, 2.05) is 12.1 Å². The maximum Gasteiger partial charge on any atom is 0.422 e. The molecule has 1 saturated heterocycles. The highest BCUT2D eigenvalue weighted by Gasteiger charge is 2.29. The summed E-state index contributed by atoms with van der Waals surface area (Å²) in [6.45, 7) is 9.39. The van der Waals surface area contributed by atoms with Gasteiger partial charge < -0.3 is 10.5 Å². The number of ether oxygens (including phenoxy) is 1. The van der Waals surface area contributed by atoms with Crippen molar-refractivity contribution in [2.24, 2.45) is 0 Å². The SMILES string of the molecule is CC(NNC(=O)OC(C)(C)C)c1cccc(CN2CCCC2)c1-c1[nH]c(=O)nc(N)c1[N+](=O)[O-]. The third-order valence-electron chi connectivity index (χ3n) is 5.40. The van der Waals surface area contributed by atoms with Gasteiger partial charge in [-0.05, 0) is 64.8 Å². The third-order valence-corrected chi connectivity index (χ3v) is 5.40. The number of anilines is 1. The van der Waals surface area contributed by atoms with Crippen LogP contribution in [-0.2, 0) is 11.3 Å². The minimum atomic E-state index is -0.785. The van der Waals surface area contributed by atoms with E-state index in [1.54, 1.807) is 33.8 Å². The number of nitro groups is 1. The molecule has 34 heavy (non-hydrogen) atoms. The molecule has 1 unspecified atom stereocenters. The standard InChI is InChI=1S/C22H31N7O5/c1-13(26-27-21(31)34-22(2,3)4)15-9-7-8-14(12-28-10-5-6-11-28)16(15)17-18(29(32)33)19(23)25-20(30)24-17/h7-9,13,26H,5-6,10-12H2,1-4H3,(H,27,31)(H3,23,24,25,30). The van der Waals surface area contributed by atoms with Crippen LogP contribution in [0, 0.1) is 10.1 Å². The maximum atomic E-state index is 12.2. The number of aromatic nitrogens is 2. The van der Waals surface area contributed by atoms with E-state index in [2.05, 4.69) is 25.7 Å². The maximum absolute atomic E-state index is 12.2. The number of likely N-dealkylation sites (tertiary alicyclic amines) is 1. The minimum absolute atomic E-state index is 0.0155. The van der Waals surface area contributed by atoms with Gasteiger partial charge in [-0.1, -0.05) is 18.2 Å². The summed E-state index contributed by atoms with van der Waals surface area (Å²) in [5, 5.41) is 11.9. The zero-order valence-corrected chi connectivity index (χ0v) is 19.8. The molecule has 2 heterocycles. The van der Waals surface area contributed by atoms with Gasteiger partial charge in [0.2, 0.25) is 5.82 Å². The average Bonchev–Trinajstić information content (AvgIpc) is 3.22. The second kappa shape index (κ2) is 10.2. The van der Waals surface area contributed by atoms with Crippen molar-refractivity contribution in [1.29, 1.82) is 0 Å². The summed E-state index contributed by atoms with van der Waals surface area (Å²) in [4.78, 5) is 43.8. The Morgan fingerprint density at radius 3 is 2.65 bits per heavy atom. The summed E-state index contributed by atoms with van der Waals surface area (Å²) in [5.41, 5.74) is 11.1. The molecule has 0 saturated carbocycles. The van der Waals surface area contributed by atoms with Crippen LogP contribution in [-0.4, -0.2) is 44.6 Å². The molecule has 1 aromatic heterocycles. The molecule has 0 spiro atoms. The fraction of sp³-hybridized carbons (Fsp3) is 0.500. The molecular weight excluding hydrogens is 442 g/mol. The van der Waals surface area contributed by atoms with Crippen LogP contribution in [0.2, 0.25) is 0 Å². The van der Waals surface area contributed by atoms with Gasteiger partial charge >= 0.3 is 17.5 Å². The van der Waals surface area contributed by atoms with Crippen LogP contribution in [0.4, 0.5) is 16.3 Å². The molecule has 0 bridgehead atoms. The van der Waals surface area contributed by atoms with E-state index in [0.717, 1.165) is 31.5 Å². The van der Waals surface area contributed by atoms with E-state index in [9.17, 15) is 19.7 Å². The smallest absolute Gasteiger partial charge is 0.422 e. The van der Waals surface area contributed by atoms with Crippen molar-refractivity contribution >= 4 is 17.6 Å². The van der Waals surface area contributed by atoms with Crippen LogP contribution in [0.1, 0.15) is 57.7 Å². The lowest BCUT2D eigenvalue weighted by Gasteiger charge is -2.24. The zero-order chi connectivity index (χ0) is 25.0. The quantitative estimate of drug-likeness (QED) is 0.349. The van der Waals surface area contributed by atoms with Gasteiger partial charge in [0.15, 0.2) is 0 Å². The lowest BCUT2D eigenvalue weighted by molar-refractivity contribution is -0.383. The van der Waals surface area contributed by atoms with Crippen LogP contribution >= 0.6 is 0 Å². The molecule has 3 rings (SSSR count). The Kier molecular flexibility index (Phi) is 7.52. The number of hydrazine groups is 1. The highest BCUT2D eigenvalue weighted by molar-refractivity contribution is 5.80. The molecule has 1 aromatic carbocycles. The van der Waals surface area contributed by atoms with Gasteiger partial charge in [0.25, 0.3) is 0 Å². The van der Waals surface area contributed by atoms with Crippen molar-refractivity contribution in [3.8, 4) is 11.3 Å². The minimum Gasteiger partial charge on any atom is -0.443 e. The fourth-order valence-corrected chi connectivity index (χ4v) is 4.00. The fourth-order valence-electron chi connectivity index (χ4n) is 4.00. The molecule has 184 valence electrons. The van der Waals surface area contributed by atoms with Crippen molar-refractivity contribution in [3.05, 3.63) is 49.9 Å². The van der Waals surface area contributed by atoms with E-state index in [1.165, 1.54) is 0 Å². The lowest BCUT2D eigenvalue weighted by Crippen LogP contribution is -2.42. The number of carbonyl (C=O) groups is 1. The average molecular weight is 474 g/mol. The van der Waals surface area contributed by atoms with Gasteiger partial charge in [-0.25, -0.2) is 15.0 Å². The summed E-state index contributed by atoms with van der Waals surface area (Å²) in [6, 6.07) is 4.97. The molecule has 1 aliphatic heterocycles. The molecular formula is C22H31N7O5. The van der Waals surface area contributed by atoms with Gasteiger partial charge in [0.1, 0.15) is 11.3 Å². The summed E-state index contributed by atoms with van der Waals surface area (Å²) in [6.07, 6.45) is 1.49. The molecule has 1 amide bonds. The molecule has 0 aliphatic carbocycles. The number of benzene rings is 1. The molecule has 1 fully saturated rings. The van der Waals surface area contributed by atoms with Crippen LogP contribution in [0.15, 0.2) is 23.0 Å². The number of hydrogen-bond donors (Lipinski definition) is 4. The molecule has 1 atom stereocenters. The first-order chi connectivity index (χ1) is 16.0. The predicted octanol–water partition coefficient (Wildman–Crippen LogP) is 2.61. The second-order valence-corrected chi connectivity index (χ2v) is 9.27. The number of nitrogens with two attached hydrogens (primary N) is 1. The van der Waals surface area contributed by atoms with Crippen molar-refractivity contribution in [3.63, 3.8) is 0 Å². The first-order valence-electron chi connectivity index (χ1n) is 11.1. The Morgan fingerprint density at radius 1 is 1.35 bits per heavy atom. The lowest BCUT2D eigenvalue weighted by atomic mass is 9.93. The summed E-state index contributed by atoms with van der Waals surface area (Å²) in [5.74, 6) is -0.460. The summed E-state index contributed by atoms with van der Waals surface area (Å²) >= 11 is 0. The number of hydrogen-bond acceptors (Lipinski definition) is 9. The van der Waals surface area contributed by atoms with E-state index in [4.69, 9.17) is 10.5 Å². The topological polar surface area (TPSA) is 169 Å². The number of amides is 1.